The number of aromatic nitrogens is 5. The zero-order valence-electron chi connectivity index (χ0n) is 27.8. The van der Waals surface area contributed by atoms with Crippen LogP contribution in [-0.2, 0) is 0 Å². The van der Waals surface area contributed by atoms with E-state index in [1.807, 2.05) is 78.9 Å². The van der Waals surface area contributed by atoms with Crippen molar-refractivity contribution in [2.24, 2.45) is 0 Å². The summed E-state index contributed by atoms with van der Waals surface area (Å²) >= 11 is 0. The molecule has 0 saturated heterocycles. The minimum atomic E-state index is 0.498. The van der Waals surface area contributed by atoms with Crippen LogP contribution in [0.1, 0.15) is 5.56 Å². The molecule has 0 fully saturated rings. The molecule has 0 aliphatic carbocycles. The Morgan fingerprint density at radius 3 is 1.58 bits per heavy atom. The molecule has 0 radical (unpaired) electrons. The predicted octanol–water partition coefficient (Wildman–Crippen LogP) is 10.9. The van der Waals surface area contributed by atoms with Gasteiger partial charge in [-0.25, -0.2) is 15.0 Å². The Morgan fingerprint density at radius 1 is 0.404 bits per heavy atom. The third kappa shape index (κ3) is 4.68. The Hall–Kier alpha value is -7.36. The Balaban J connectivity index is 1.29. The van der Waals surface area contributed by atoms with Gasteiger partial charge in [-0.15, -0.1) is 0 Å². The smallest absolute Gasteiger partial charge is 0.164 e. The van der Waals surface area contributed by atoms with Gasteiger partial charge in [0.15, 0.2) is 17.5 Å². The summed E-state index contributed by atoms with van der Waals surface area (Å²) in [5, 5.41) is 15.0. The van der Waals surface area contributed by atoms with Crippen LogP contribution >= 0.6 is 0 Å². The average molecular weight is 665 g/mol. The van der Waals surface area contributed by atoms with Crippen molar-refractivity contribution in [1.82, 2.24) is 24.1 Å². The molecule has 10 rings (SSSR count). The van der Waals surface area contributed by atoms with E-state index in [4.69, 9.17) is 15.0 Å². The van der Waals surface area contributed by atoms with Crippen molar-refractivity contribution in [3.63, 3.8) is 0 Å². The van der Waals surface area contributed by atoms with Gasteiger partial charge in [0.25, 0.3) is 0 Å². The molecule has 3 heterocycles. The number of hydrogen-bond donors (Lipinski definition) is 0. The Bertz CT molecular complexity index is 2950. The number of hydrogen-bond acceptors (Lipinski definition) is 4. The lowest BCUT2D eigenvalue weighted by molar-refractivity contribution is 1.07. The van der Waals surface area contributed by atoms with E-state index in [9.17, 15) is 5.26 Å². The van der Waals surface area contributed by atoms with Gasteiger partial charge >= 0.3 is 0 Å². The minimum absolute atomic E-state index is 0.498. The molecule has 0 unspecified atom stereocenters. The summed E-state index contributed by atoms with van der Waals surface area (Å²) in [6.07, 6.45) is 0. The highest BCUT2D eigenvalue weighted by atomic mass is 15.0. The van der Waals surface area contributed by atoms with Gasteiger partial charge in [-0.3, -0.25) is 0 Å². The van der Waals surface area contributed by atoms with Crippen molar-refractivity contribution >= 4 is 43.6 Å². The molecule has 10 aromatic rings. The van der Waals surface area contributed by atoms with Gasteiger partial charge in [0.1, 0.15) is 0 Å². The summed E-state index contributed by atoms with van der Waals surface area (Å²) in [5.41, 5.74) is 9.35. The van der Waals surface area contributed by atoms with E-state index in [0.717, 1.165) is 71.7 Å². The lowest BCUT2D eigenvalue weighted by Gasteiger charge is -2.13. The number of nitrogens with zero attached hydrogens (tertiary/aromatic N) is 6. The maximum atomic E-state index is 10.4. The molecule has 0 saturated carbocycles. The highest BCUT2D eigenvalue weighted by molar-refractivity contribution is 6.26. The molecule has 0 atom stereocenters. The SMILES string of the molecule is N#Cc1cc(-c2nc(-c3ccccc3)nc(-c3ccccc3)n2)cc(-n2c3ccccc3c3ccc4c(c5ccccc5n4-c4ccccc4)c32)c1. The summed E-state index contributed by atoms with van der Waals surface area (Å²) in [4.78, 5) is 14.9. The van der Waals surface area contributed by atoms with Crippen LogP contribution in [0.5, 0.6) is 0 Å². The van der Waals surface area contributed by atoms with Crippen LogP contribution in [0.3, 0.4) is 0 Å². The third-order valence-corrected chi connectivity index (χ3v) is 9.75. The number of para-hydroxylation sites is 3. The molecule has 242 valence electrons. The maximum absolute atomic E-state index is 10.4. The molecule has 0 N–H and O–H groups in total. The first-order valence-corrected chi connectivity index (χ1v) is 17.2. The van der Waals surface area contributed by atoms with Gasteiger partial charge < -0.3 is 9.13 Å². The molecular weight excluding hydrogens is 637 g/mol. The summed E-state index contributed by atoms with van der Waals surface area (Å²) in [6.45, 7) is 0. The van der Waals surface area contributed by atoms with E-state index in [-0.39, 0.29) is 0 Å². The van der Waals surface area contributed by atoms with E-state index in [1.165, 1.54) is 0 Å². The van der Waals surface area contributed by atoms with Crippen LogP contribution in [0.15, 0.2) is 170 Å². The molecule has 6 heteroatoms. The van der Waals surface area contributed by atoms with Crippen LogP contribution in [-0.4, -0.2) is 24.1 Å². The Morgan fingerprint density at radius 2 is 0.942 bits per heavy atom. The average Bonchev–Trinajstić information content (AvgIpc) is 3.74. The fraction of sp³-hybridized carbons (Fsp3) is 0. The van der Waals surface area contributed by atoms with E-state index in [1.54, 1.807) is 0 Å². The molecule has 7 aromatic carbocycles. The van der Waals surface area contributed by atoms with Crippen LogP contribution in [0, 0.1) is 11.3 Å². The second-order valence-corrected chi connectivity index (χ2v) is 12.8. The second kappa shape index (κ2) is 11.9. The molecule has 6 nitrogen and oxygen atoms in total. The molecule has 0 aliphatic rings. The van der Waals surface area contributed by atoms with Crippen molar-refractivity contribution in [1.29, 1.82) is 5.26 Å². The first-order chi connectivity index (χ1) is 25.7. The Kier molecular flexibility index (Phi) is 6.76. The first-order valence-electron chi connectivity index (χ1n) is 17.2. The lowest BCUT2D eigenvalue weighted by atomic mass is 10.1. The standard InChI is InChI=1S/C46H28N6/c47-29-30-26-33(46-49-44(31-14-4-1-5-15-31)48-45(50-46)32-16-6-2-7-17-32)28-35(27-30)52-39-22-12-10-20-36(39)37-24-25-41-42(43(37)52)38-21-11-13-23-40(38)51(41)34-18-8-3-9-19-34/h1-28H. The van der Waals surface area contributed by atoms with E-state index in [2.05, 4.69) is 106 Å². The van der Waals surface area contributed by atoms with Crippen molar-refractivity contribution in [3.8, 4) is 51.6 Å². The zero-order chi connectivity index (χ0) is 34.6. The summed E-state index contributed by atoms with van der Waals surface area (Å²) in [6, 6.07) is 60.3. The fourth-order valence-electron chi connectivity index (χ4n) is 7.50. The van der Waals surface area contributed by atoms with Crippen molar-refractivity contribution in [2.45, 2.75) is 0 Å². The molecule has 0 bridgehead atoms. The van der Waals surface area contributed by atoms with E-state index < -0.39 is 0 Å². The normalized spacial score (nSPS) is 11.4. The van der Waals surface area contributed by atoms with E-state index >= 15 is 0 Å². The highest BCUT2D eigenvalue weighted by Gasteiger charge is 2.22. The van der Waals surface area contributed by atoms with Gasteiger partial charge in [-0.2, -0.15) is 5.26 Å². The molecule has 0 spiro atoms. The van der Waals surface area contributed by atoms with Gasteiger partial charge in [0.05, 0.1) is 33.7 Å². The maximum Gasteiger partial charge on any atom is 0.164 e. The quantitative estimate of drug-likeness (QED) is 0.184. The third-order valence-electron chi connectivity index (χ3n) is 9.75. The van der Waals surface area contributed by atoms with Gasteiger partial charge in [-0.05, 0) is 48.5 Å². The zero-order valence-corrected chi connectivity index (χ0v) is 27.8. The van der Waals surface area contributed by atoms with Crippen molar-refractivity contribution in [3.05, 3.63) is 175 Å². The molecule has 0 aliphatic heterocycles. The number of nitriles is 1. The number of benzene rings is 7. The van der Waals surface area contributed by atoms with Crippen LogP contribution in [0.2, 0.25) is 0 Å². The fourth-order valence-corrected chi connectivity index (χ4v) is 7.50. The van der Waals surface area contributed by atoms with Gasteiger partial charge in [-0.1, -0.05) is 121 Å². The predicted molar refractivity (Wildman–Crippen MR) is 210 cm³/mol. The lowest BCUT2D eigenvalue weighted by Crippen LogP contribution is -2.02. The molecule has 52 heavy (non-hydrogen) atoms. The summed E-state index contributed by atoms with van der Waals surface area (Å²) in [7, 11) is 0. The molecule has 0 amide bonds. The monoisotopic (exact) mass is 664 g/mol. The molecule has 3 aromatic heterocycles. The highest BCUT2D eigenvalue weighted by Crippen LogP contribution is 2.42. The number of fused-ring (bicyclic) bond motifs is 7. The van der Waals surface area contributed by atoms with Crippen molar-refractivity contribution < 1.29 is 0 Å². The van der Waals surface area contributed by atoms with Crippen molar-refractivity contribution in [2.75, 3.05) is 0 Å². The van der Waals surface area contributed by atoms with E-state index in [0.29, 0.717) is 23.0 Å². The molecular formula is C46H28N6. The summed E-state index contributed by atoms with van der Waals surface area (Å²) in [5.74, 6) is 1.64. The topological polar surface area (TPSA) is 72.3 Å². The van der Waals surface area contributed by atoms with Gasteiger partial charge in [0.2, 0.25) is 0 Å². The summed E-state index contributed by atoms with van der Waals surface area (Å²) < 4.78 is 4.64. The first kappa shape index (κ1) is 29.5. The Labute approximate surface area is 299 Å². The van der Waals surface area contributed by atoms with Gasteiger partial charge in [0, 0.05) is 49.6 Å². The van der Waals surface area contributed by atoms with Crippen LogP contribution in [0.4, 0.5) is 0 Å². The van der Waals surface area contributed by atoms with Crippen LogP contribution in [0.25, 0.3) is 89.2 Å². The van der Waals surface area contributed by atoms with Crippen LogP contribution < -0.4 is 0 Å². The number of rotatable bonds is 5. The minimum Gasteiger partial charge on any atom is -0.309 e. The second-order valence-electron chi connectivity index (χ2n) is 12.8. The largest absolute Gasteiger partial charge is 0.309 e.